The number of anilines is 3. The second-order valence-corrected chi connectivity index (χ2v) is 9.22. The number of alkyl halides is 3. The SMILES string of the molecule is CCN(CC)c1ncc(CC(F)(F)F)c(N[C@@H](Cc2ccc(N3C(=O)[C@@H]4CCCN4C3=O)cc2)C(=O)O)n1. The molecule has 0 unspecified atom stereocenters. The lowest BCUT2D eigenvalue weighted by molar-refractivity contribution is -0.137. The van der Waals surface area contributed by atoms with E-state index in [2.05, 4.69) is 15.3 Å². The van der Waals surface area contributed by atoms with E-state index in [0.29, 0.717) is 37.3 Å². The van der Waals surface area contributed by atoms with Gasteiger partial charge in [0.1, 0.15) is 17.9 Å². The third-order valence-electron chi connectivity index (χ3n) is 6.73. The molecule has 38 heavy (non-hydrogen) atoms. The van der Waals surface area contributed by atoms with Crippen LogP contribution < -0.4 is 15.1 Å². The van der Waals surface area contributed by atoms with Gasteiger partial charge in [-0.05, 0) is 44.4 Å². The number of benzene rings is 1. The first-order valence-electron chi connectivity index (χ1n) is 12.4. The molecule has 2 aliphatic rings. The monoisotopic (exact) mass is 534 g/mol. The van der Waals surface area contributed by atoms with E-state index in [4.69, 9.17) is 0 Å². The van der Waals surface area contributed by atoms with E-state index in [0.717, 1.165) is 17.5 Å². The zero-order chi connectivity index (χ0) is 27.6. The van der Waals surface area contributed by atoms with Crippen LogP contribution in [0.15, 0.2) is 30.5 Å². The Bertz CT molecular complexity index is 1180. The van der Waals surface area contributed by atoms with Gasteiger partial charge in [0.05, 0.1) is 12.1 Å². The number of aromatic nitrogens is 2. The van der Waals surface area contributed by atoms with Crippen molar-refractivity contribution in [1.82, 2.24) is 14.9 Å². The largest absolute Gasteiger partial charge is 0.480 e. The van der Waals surface area contributed by atoms with Gasteiger partial charge in [0.15, 0.2) is 0 Å². The van der Waals surface area contributed by atoms with E-state index in [1.54, 1.807) is 34.1 Å². The zero-order valence-corrected chi connectivity index (χ0v) is 21.0. The van der Waals surface area contributed by atoms with Gasteiger partial charge in [0, 0.05) is 37.8 Å². The second kappa shape index (κ2) is 10.8. The van der Waals surface area contributed by atoms with Crippen LogP contribution in [0.25, 0.3) is 0 Å². The van der Waals surface area contributed by atoms with Crippen LogP contribution in [0.1, 0.15) is 37.8 Å². The Hall–Kier alpha value is -3.90. The van der Waals surface area contributed by atoms with Crippen molar-refractivity contribution in [2.45, 2.75) is 57.8 Å². The number of carboxylic acids is 1. The first-order valence-corrected chi connectivity index (χ1v) is 12.4. The Morgan fingerprint density at radius 2 is 1.89 bits per heavy atom. The van der Waals surface area contributed by atoms with Crippen LogP contribution in [-0.4, -0.2) is 75.8 Å². The molecular weight excluding hydrogens is 505 g/mol. The first kappa shape index (κ1) is 27.1. The number of hydrogen-bond donors (Lipinski definition) is 2. The average molecular weight is 535 g/mol. The van der Waals surface area contributed by atoms with Gasteiger partial charge in [0.25, 0.3) is 5.91 Å². The van der Waals surface area contributed by atoms with Crippen molar-refractivity contribution < 1.29 is 32.7 Å². The van der Waals surface area contributed by atoms with Gasteiger partial charge >= 0.3 is 18.2 Å². The summed E-state index contributed by atoms with van der Waals surface area (Å²) in [6, 6.07) is 4.19. The van der Waals surface area contributed by atoms with E-state index in [-0.39, 0.29) is 35.7 Å². The van der Waals surface area contributed by atoms with Gasteiger partial charge in [-0.1, -0.05) is 12.1 Å². The molecule has 3 amide bonds. The number of urea groups is 1. The molecule has 0 radical (unpaired) electrons. The maximum Gasteiger partial charge on any atom is 0.393 e. The van der Waals surface area contributed by atoms with Crippen molar-refractivity contribution in [3.05, 3.63) is 41.6 Å². The Morgan fingerprint density at radius 1 is 1.21 bits per heavy atom. The lowest BCUT2D eigenvalue weighted by Crippen LogP contribution is -2.34. The van der Waals surface area contributed by atoms with E-state index in [9.17, 15) is 32.7 Å². The molecule has 3 heterocycles. The summed E-state index contributed by atoms with van der Waals surface area (Å²) in [7, 11) is 0. The fourth-order valence-corrected chi connectivity index (χ4v) is 4.77. The van der Waals surface area contributed by atoms with Gasteiger partial charge in [-0.15, -0.1) is 0 Å². The lowest BCUT2D eigenvalue weighted by atomic mass is 10.0. The molecule has 0 saturated carbocycles. The maximum absolute atomic E-state index is 13.2. The summed E-state index contributed by atoms with van der Waals surface area (Å²) in [4.78, 5) is 50.1. The van der Waals surface area contributed by atoms with Gasteiger partial charge in [-0.2, -0.15) is 18.2 Å². The van der Waals surface area contributed by atoms with E-state index >= 15 is 0 Å². The predicted octanol–water partition coefficient (Wildman–Crippen LogP) is 3.47. The number of nitrogens with zero attached hydrogens (tertiary/aromatic N) is 5. The molecule has 4 rings (SSSR count). The smallest absolute Gasteiger partial charge is 0.393 e. The van der Waals surface area contributed by atoms with Crippen LogP contribution in [0.2, 0.25) is 0 Å². The van der Waals surface area contributed by atoms with Crippen LogP contribution >= 0.6 is 0 Å². The Labute approximate surface area is 217 Å². The number of carbonyl (C=O) groups is 3. The van der Waals surface area contributed by atoms with Crippen molar-refractivity contribution in [1.29, 1.82) is 0 Å². The number of fused-ring (bicyclic) bond motifs is 1. The number of amides is 3. The minimum atomic E-state index is -4.54. The number of nitrogens with one attached hydrogen (secondary N) is 1. The van der Waals surface area contributed by atoms with Crippen LogP contribution in [0.4, 0.5) is 35.4 Å². The fourth-order valence-electron chi connectivity index (χ4n) is 4.77. The Balaban J connectivity index is 1.54. The summed E-state index contributed by atoms with van der Waals surface area (Å²) in [5.41, 5.74) is 0.662. The van der Waals surface area contributed by atoms with Crippen molar-refractivity contribution >= 4 is 35.4 Å². The highest BCUT2D eigenvalue weighted by Gasteiger charge is 2.48. The van der Waals surface area contributed by atoms with Crippen molar-refractivity contribution in [2.75, 3.05) is 34.8 Å². The molecule has 2 N–H and O–H groups in total. The van der Waals surface area contributed by atoms with Crippen LogP contribution in [-0.2, 0) is 22.4 Å². The number of carbonyl (C=O) groups excluding carboxylic acids is 2. The number of hydrogen-bond acceptors (Lipinski definition) is 7. The highest BCUT2D eigenvalue weighted by molar-refractivity contribution is 6.21. The Kier molecular flexibility index (Phi) is 7.74. The molecule has 2 saturated heterocycles. The molecule has 10 nitrogen and oxygen atoms in total. The molecule has 2 fully saturated rings. The number of imide groups is 1. The van der Waals surface area contributed by atoms with E-state index in [1.165, 1.54) is 0 Å². The van der Waals surface area contributed by atoms with Crippen LogP contribution in [0, 0.1) is 0 Å². The molecule has 0 bridgehead atoms. The molecular formula is C25H29F3N6O4. The van der Waals surface area contributed by atoms with E-state index in [1.807, 2.05) is 13.8 Å². The summed E-state index contributed by atoms with van der Waals surface area (Å²) in [5, 5.41) is 12.5. The van der Waals surface area contributed by atoms with Crippen LogP contribution in [0.3, 0.4) is 0 Å². The van der Waals surface area contributed by atoms with Gasteiger partial charge in [-0.25, -0.2) is 19.5 Å². The molecule has 1 aromatic heterocycles. The quantitative estimate of drug-likeness (QED) is 0.445. The van der Waals surface area contributed by atoms with Gasteiger partial charge < -0.3 is 20.2 Å². The summed E-state index contributed by atoms with van der Waals surface area (Å²) in [6.45, 7) is 5.26. The highest BCUT2D eigenvalue weighted by Crippen LogP contribution is 2.32. The summed E-state index contributed by atoms with van der Waals surface area (Å²) >= 11 is 0. The zero-order valence-electron chi connectivity index (χ0n) is 21.0. The fraction of sp³-hybridized carbons (Fsp3) is 0.480. The molecule has 0 aliphatic carbocycles. The standard InChI is InChI=1S/C25H29F3N6O4/c1-3-32(4-2)23-29-14-16(13-25(26,27)28)20(31-23)30-18(22(36)37)12-15-7-9-17(10-8-15)34-21(35)19-6-5-11-33(19)24(34)38/h7-10,14,18-19H,3-6,11-13H2,1-2H3,(H,36,37)(H,29,30,31)/t18-,19-/m0/s1. The summed E-state index contributed by atoms with van der Waals surface area (Å²) < 4.78 is 39.6. The second-order valence-electron chi connectivity index (χ2n) is 9.22. The maximum atomic E-state index is 13.2. The summed E-state index contributed by atoms with van der Waals surface area (Å²) in [6.07, 6.45) is -3.45. The number of carboxylic acid groups (broad SMARTS) is 1. The topological polar surface area (TPSA) is 119 Å². The predicted molar refractivity (Wildman–Crippen MR) is 133 cm³/mol. The van der Waals surface area contributed by atoms with Crippen molar-refractivity contribution in [2.24, 2.45) is 0 Å². The minimum Gasteiger partial charge on any atom is -0.480 e. The van der Waals surface area contributed by atoms with E-state index < -0.39 is 30.7 Å². The molecule has 13 heteroatoms. The number of rotatable bonds is 10. The van der Waals surface area contributed by atoms with Crippen molar-refractivity contribution in [3.63, 3.8) is 0 Å². The third kappa shape index (κ3) is 5.65. The molecule has 204 valence electrons. The average Bonchev–Trinajstić information content (AvgIpc) is 3.44. The Morgan fingerprint density at radius 3 is 2.47 bits per heavy atom. The minimum absolute atomic E-state index is 0.0810. The molecule has 2 aliphatic heterocycles. The highest BCUT2D eigenvalue weighted by atomic mass is 19.4. The lowest BCUT2D eigenvalue weighted by Gasteiger charge is -2.22. The summed E-state index contributed by atoms with van der Waals surface area (Å²) in [5.74, 6) is -1.56. The van der Waals surface area contributed by atoms with Crippen LogP contribution in [0.5, 0.6) is 0 Å². The number of aliphatic carboxylic acids is 1. The van der Waals surface area contributed by atoms with Gasteiger partial charge in [-0.3, -0.25) is 4.79 Å². The van der Waals surface area contributed by atoms with Crippen molar-refractivity contribution in [3.8, 4) is 0 Å². The van der Waals surface area contributed by atoms with Gasteiger partial charge in [0.2, 0.25) is 5.95 Å². The number of halogens is 3. The molecule has 1 aromatic carbocycles. The third-order valence-corrected chi connectivity index (χ3v) is 6.73. The molecule has 2 atom stereocenters. The molecule has 0 spiro atoms. The molecule has 2 aromatic rings. The normalized spacial score (nSPS) is 18.1. The first-order chi connectivity index (χ1) is 18.0.